The Morgan fingerprint density at radius 3 is 2.65 bits per heavy atom. The van der Waals surface area contributed by atoms with Crippen molar-refractivity contribution in [3.63, 3.8) is 0 Å². The van der Waals surface area contributed by atoms with Crippen molar-refractivity contribution in [3.8, 4) is 22.9 Å². The van der Waals surface area contributed by atoms with E-state index < -0.39 is 17.8 Å². The minimum absolute atomic E-state index is 0.148. The van der Waals surface area contributed by atoms with Crippen LogP contribution in [-0.2, 0) is 4.79 Å². The van der Waals surface area contributed by atoms with Crippen molar-refractivity contribution in [2.24, 2.45) is 5.73 Å². The van der Waals surface area contributed by atoms with Gasteiger partial charge in [-0.25, -0.2) is 9.37 Å². The van der Waals surface area contributed by atoms with E-state index in [0.717, 1.165) is 0 Å². The molecule has 6 nitrogen and oxygen atoms in total. The number of hydrogen-bond acceptors (Lipinski definition) is 5. The summed E-state index contributed by atoms with van der Waals surface area (Å²) < 4.78 is 13.7. The summed E-state index contributed by atoms with van der Waals surface area (Å²) in [6.45, 7) is 2.41. The van der Waals surface area contributed by atoms with E-state index in [0.29, 0.717) is 28.4 Å². The van der Waals surface area contributed by atoms with Crippen LogP contribution in [0.3, 0.4) is 0 Å². The monoisotopic (exact) mass is 375 g/mol. The van der Waals surface area contributed by atoms with Gasteiger partial charge in [0.1, 0.15) is 22.6 Å². The van der Waals surface area contributed by atoms with Crippen molar-refractivity contribution in [2.45, 2.75) is 19.4 Å². The summed E-state index contributed by atoms with van der Waals surface area (Å²) in [6.07, 6.45) is 5.14. The number of rotatable bonds is 2. The molecule has 1 aliphatic rings. The lowest BCUT2D eigenvalue weighted by Crippen LogP contribution is -2.24. The van der Waals surface area contributed by atoms with Gasteiger partial charge >= 0.3 is 0 Å². The number of hydrogen-bond donors (Lipinski definition) is 2. The molecular weight excluding hydrogens is 357 g/mol. The van der Waals surface area contributed by atoms with Crippen LogP contribution < -0.4 is 5.73 Å². The normalized spacial score (nSPS) is 16.0. The maximum Gasteiger partial charge on any atom is 0.268 e. The second-order valence-electron chi connectivity index (χ2n) is 5.69. The third-order valence-electron chi connectivity index (χ3n) is 3.79. The fourth-order valence-corrected chi connectivity index (χ4v) is 3.26. The number of aromatic nitrogens is 1. The lowest BCUT2D eigenvalue weighted by Gasteiger charge is -2.04. The number of halogens is 1. The van der Waals surface area contributed by atoms with Crippen LogP contribution in [0, 0.1) is 25.1 Å². The van der Waals surface area contributed by atoms with Gasteiger partial charge in [0.2, 0.25) is 0 Å². The Hall–Kier alpha value is -2.76. The molecule has 26 heavy (non-hydrogen) atoms. The molecule has 3 rings (SSSR count). The zero-order valence-electron chi connectivity index (χ0n) is 14.3. The first-order valence-corrected chi connectivity index (χ1v) is 8.53. The molecule has 1 saturated heterocycles. The molecule has 2 amide bonds. The molecule has 2 heterocycles. The van der Waals surface area contributed by atoms with Crippen LogP contribution in [-0.4, -0.2) is 46.5 Å². The van der Waals surface area contributed by atoms with E-state index >= 15 is 0 Å². The summed E-state index contributed by atoms with van der Waals surface area (Å²) in [4.78, 5) is 27.9. The molecule has 1 atom stereocenters. The average molecular weight is 375 g/mol. The van der Waals surface area contributed by atoms with Crippen molar-refractivity contribution < 1.29 is 19.1 Å². The molecule has 0 saturated carbocycles. The Bertz CT molecular complexity index is 876. The van der Waals surface area contributed by atoms with E-state index in [1.54, 1.807) is 14.0 Å². The quantitative estimate of drug-likeness (QED) is 0.779. The molecule has 3 N–H and O–H groups in total. The van der Waals surface area contributed by atoms with Crippen LogP contribution in [0.5, 0.6) is 0 Å². The van der Waals surface area contributed by atoms with Crippen LogP contribution in [0.15, 0.2) is 18.2 Å². The van der Waals surface area contributed by atoms with Gasteiger partial charge in [-0.05, 0) is 31.5 Å². The van der Waals surface area contributed by atoms with E-state index in [1.807, 2.05) is 0 Å². The molecule has 8 heteroatoms. The van der Waals surface area contributed by atoms with Gasteiger partial charge in [-0.2, -0.15) is 0 Å². The zero-order chi connectivity index (χ0) is 19.4. The summed E-state index contributed by atoms with van der Waals surface area (Å²) in [5, 5.41) is 9.18. The maximum atomic E-state index is 13.7. The topological polar surface area (TPSA) is 96.5 Å². The molecule has 0 aliphatic carbocycles. The van der Waals surface area contributed by atoms with Crippen molar-refractivity contribution in [3.05, 3.63) is 40.2 Å². The van der Waals surface area contributed by atoms with Gasteiger partial charge in [0.05, 0.1) is 0 Å². The lowest BCUT2D eigenvalue weighted by atomic mass is 10.1. The van der Waals surface area contributed by atoms with Gasteiger partial charge in [0, 0.05) is 29.6 Å². The fourth-order valence-electron chi connectivity index (χ4n) is 2.32. The molecule has 1 aromatic heterocycles. The average Bonchev–Trinajstić information content (AvgIpc) is 3.13. The Labute approximate surface area is 154 Å². The molecule has 1 fully saturated rings. The number of benzene rings is 1. The van der Waals surface area contributed by atoms with Crippen LogP contribution >= 0.6 is 11.3 Å². The predicted molar refractivity (Wildman–Crippen MR) is 97.0 cm³/mol. The number of thiazole rings is 1. The summed E-state index contributed by atoms with van der Waals surface area (Å²) in [5.41, 5.74) is 6.19. The van der Waals surface area contributed by atoms with Gasteiger partial charge in [-0.15, -0.1) is 17.8 Å². The first-order valence-electron chi connectivity index (χ1n) is 7.71. The largest absolute Gasteiger partial charge is 0.383 e. The molecule has 0 spiro atoms. The summed E-state index contributed by atoms with van der Waals surface area (Å²) in [6, 6.07) is 4.32. The maximum absolute atomic E-state index is 13.7. The van der Waals surface area contributed by atoms with Gasteiger partial charge in [0.15, 0.2) is 0 Å². The number of aliphatic hydroxyl groups excluding tert-OH is 1. The lowest BCUT2D eigenvalue weighted by molar-refractivity contribution is -0.133. The molecule has 1 aromatic carbocycles. The van der Waals surface area contributed by atoms with Gasteiger partial charge < -0.3 is 15.7 Å². The van der Waals surface area contributed by atoms with Crippen molar-refractivity contribution in [2.75, 3.05) is 13.6 Å². The Morgan fingerprint density at radius 1 is 1.54 bits per heavy atom. The zero-order valence-corrected chi connectivity index (χ0v) is 15.1. The van der Waals surface area contributed by atoms with Gasteiger partial charge in [-0.1, -0.05) is 5.92 Å². The molecular formula is C18H18FN3O3S. The van der Waals surface area contributed by atoms with E-state index in [2.05, 4.69) is 10.9 Å². The highest BCUT2D eigenvalue weighted by atomic mass is 32.1. The summed E-state index contributed by atoms with van der Waals surface area (Å²) in [7, 11) is 1.69. The Balaban J connectivity index is 0.000000254. The summed E-state index contributed by atoms with van der Waals surface area (Å²) >= 11 is 1.21. The first kappa shape index (κ1) is 19.6. The number of terminal acetylenes is 1. The Kier molecular flexibility index (Phi) is 6.08. The molecule has 1 aliphatic heterocycles. The smallest absolute Gasteiger partial charge is 0.268 e. The number of aliphatic hydroxyl groups is 1. The number of carbonyl (C=O) groups is 2. The van der Waals surface area contributed by atoms with E-state index in [-0.39, 0.29) is 17.2 Å². The Morgan fingerprint density at radius 2 is 2.23 bits per heavy atom. The van der Waals surface area contributed by atoms with E-state index in [9.17, 15) is 14.0 Å². The number of likely N-dealkylation sites (tertiary alicyclic amines) is 1. The third-order valence-corrected chi connectivity index (χ3v) is 4.80. The van der Waals surface area contributed by atoms with Crippen molar-refractivity contribution >= 4 is 23.2 Å². The van der Waals surface area contributed by atoms with Gasteiger partial charge in [0.25, 0.3) is 11.8 Å². The number of nitrogens with two attached hydrogens (primary N) is 1. The highest BCUT2D eigenvalue weighted by molar-refractivity contribution is 7.15. The minimum atomic E-state index is -0.722. The van der Waals surface area contributed by atoms with E-state index in [4.69, 9.17) is 17.3 Å². The highest BCUT2D eigenvalue weighted by Crippen LogP contribution is 2.30. The van der Waals surface area contributed by atoms with Crippen molar-refractivity contribution in [1.29, 1.82) is 0 Å². The highest BCUT2D eigenvalue weighted by Gasteiger charge is 2.26. The number of nitrogens with zero attached hydrogens (tertiary/aromatic N) is 2. The molecule has 0 unspecified atom stereocenters. The number of carbonyl (C=O) groups excluding carboxylic acids is 2. The predicted octanol–water partition coefficient (Wildman–Crippen LogP) is 1.55. The van der Waals surface area contributed by atoms with Crippen LogP contribution in [0.4, 0.5) is 4.39 Å². The van der Waals surface area contributed by atoms with Gasteiger partial charge in [-0.3, -0.25) is 9.59 Å². The second-order valence-corrected chi connectivity index (χ2v) is 6.89. The third kappa shape index (κ3) is 4.25. The molecule has 2 aromatic rings. The van der Waals surface area contributed by atoms with Crippen LogP contribution in [0.25, 0.3) is 10.6 Å². The number of primary amides is 1. The van der Waals surface area contributed by atoms with Crippen LogP contribution in [0.2, 0.25) is 0 Å². The standard InChI is InChI=1S/C13H9FN2OS.C5H9NO2/c1-3-8-4-5-10(14)9(6-8)13-16-11(12(15)17)7(2)18-13;1-6-3-2-4(7)5(6)8/h1,4-6H,2H3,(H2,15,17);4,7H,2-3H2,1H3/t;4-/m.0/s1. The molecule has 0 radical (unpaired) electrons. The second kappa shape index (κ2) is 8.08. The van der Waals surface area contributed by atoms with Crippen LogP contribution in [0.1, 0.15) is 27.3 Å². The minimum Gasteiger partial charge on any atom is -0.383 e. The summed E-state index contributed by atoms with van der Waals surface area (Å²) in [5.74, 6) is 1.23. The van der Waals surface area contributed by atoms with Crippen molar-refractivity contribution in [1.82, 2.24) is 9.88 Å². The number of amides is 2. The fraction of sp³-hybridized carbons (Fsp3) is 0.278. The molecule has 0 bridgehead atoms. The number of aryl methyl sites for hydroxylation is 1. The SMILES string of the molecule is C#Cc1ccc(F)c(-c2nc(C(N)=O)c(C)s2)c1.CN1CC[C@H](O)C1=O. The molecule has 136 valence electrons. The van der Waals surface area contributed by atoms with E-state index in [1.165, 1.54) is 34.4 Å². The first-order chi connectivity index (χ1) is 12.2. The number of likely N-dealkylation sites (N-methyl/N-ethyl adjacent to an activating group) is 1.